The van der Waals surface area contributed by atoms with E-state index in [9.17, 15) is 4.79 Å². The monoisotopic (exact) mass is 366 g/mol. The maximum absolute atomic E-state index is 12.8. The van der Waals surface area contributed by atoms with E-state index in [4.69, 9.17) is 5.11 Å². The van der Waals surface area contributed by atoms with Gasteiger partial charge in [-0.2, -0.15) is 0 Å². The first-order valence-corrected chi connectivity index (χ1v) is 9.69. The van der Waals surface area contributed by atoms with Crippen LogP contribution in [0.3, 0.4) is 0 Å². The van der Waals surface area contributed by atoms with E-state index < -0.39 is 0 Å². The first kappa shape index (κ1) is 24.5. The lowest BCUT2D eigenvalue weighted by atomic mass is 10.2. The Balaban J connectivity index is 0.00000301. The first-order chi connectivity index (χ1) is 12.5. The zero-order chi connectivity index (χ0) is 19.9. The van der Waals surface area contributed by atoms with E-state index in [1.807, 2.05) is 38.7 Å². The Morgan fingerprint density at radius 2 is 1.77 bits per heavy atom. The van der Waals surface area contributed by atoms with E-state index in [1.54, 1.807) is 6.20 Å². The van der Waals surface area contributed by atoms with Crippen LogP contribution in [-0.2, 0) is 4.79 Å². The van der Waals surface area contributed by atoms with Crippen LogP contribution in [0.4, 0.5) is 0 Å². The highest BCUT2D eigenvalue weighted by atomic mass is 16.3. The molecule has 150 valence electrons. The number of aliphatic imine (C=N–C) groups is 1. The predicted octanol–water partition coefficient (Wildman–Crippen LogP) is 2.37. The van der Waals surface area contributed by atoms with Gasteiger partial charge in [-0.25, -0.2) is 0 Å². The second-order valence-electron chi connectivity index (χ2n) is 6.27. The van der Waals surface area contributed by atoms with Gasteiger partial charge in [-0.3, -0.25) is 19.6 Å². The quantitative estimate of drug-likeness (QED) is 0.503. The van der Waals surface area contributed by atoms with Crippen molar-refractivity contribution in [1.29, 1.82) is 0 Å². The van der Waals surface area contributed by atoms with Gasteiger partial charge in [0.1, 0.15) is 0 Å². The molecular formula is C20H38N4O2. The number of allylic oxidation sites excluding steroid dienone is 2. The van der Waals surface area contributed by atoms with E-state index >= 15 is 0 Å². The fourth-order valence-electron chi connectivity index (χ4n) is 2.84. The van der Waals surface area contributed by atoms with Gasteiger partial charge in [-0.15, -0.1) is 0 Å². The highest BCUT2D eigenvalue weighted by Crippen LogP contribution is 2.14. The van der Waals surface area contributed by atoms with Crippen molar-refractivity contribution in [2.24, 2.45) is 4.99 Å². The minimum atomic E-state index is 0.123. The zero-order valence-electron chi connectivity index (χ0n) is 17.4. The van der Waals surface area contributed by atoms with Gasteiger partial charge in [0.2, 0.25) is 5.91 Å². The molecule has 1 aliphatic heterocycles. The van der Waals surface area contributed by atoms with Crippen LogP contribution in [0.15, 0.2) is 28.5 Å². The molecule has 26 heavy (non-hydrogen) atoms. The molecule has 0 radical (unpaired) electrons. The number of carbonyl (C=O) groups excluding carboxylic acids is 1. The summed E-state index contributed by atoms with van der Waals surface area (Å²) in [6.45, 7) is 19.1. The average molecular weight is 367 g/mol. The molecule has 1 aliphatic rings. The molecule has 6 nitrogen and oxygen atoms in total. The van der Waals surface area contributed by atoms with Gasteiger partial charge in [-0.05, 0) is 33.1 Å². The molecule has 0 aromatic rings. The minimum Gasteiger partial charge on any atom is -0.395 e. The molecule has 0 aromatic carbocycles. The van der Waals surface area contributed by atoms with E-state index in [0.29, 0.717) is 19.6 Å². The molecular weight excluding hydrogens is 328 g/mol. The van der Waals surface area contributed by atoms with Gasteiger partial charge in [0.05, 0.1) is 13.2 Å². The van der Waals surface area contributed by atoms with Crippen LogP contribution >= 0.6 is 0 Å². The van der Waals surface area contributed by atoms with Gasteiger partial charge in [0.25, 0.3) is 0 Å². The fraction of sp³-hybridized carbons (Fsp3) is 0.700. The number of amides is 1. The number of rotatable bonds is 9. The summed E-state index contributed by atoms with van der Waals surface area (Å²) in [5, 5.41) is 9.01. The van der Waals surface area contributed by atoms with Crippen LogP contribution in [0.1, 0.15) is 41.0 Å². The van der Waals surface area contributed by atoms with Gasteiger partial charge in [-0.1, -0.05) is 26.3 Å². The lowest BCUT2D eigenvalue weighted by Crippen LogP contribution is -2.50. The van der Waals surface area contributed by atoms with Crippen molar-refractivity contribution in [1.82, 2.24) is 14.7 Å². The SMILES string of the molecule is C=N/C=C\C(=C(C)C)N(CCC)C(=O)CN1CCN(CCO)CC1.CC. The number of aliphatic hydroxyl groups excluding tert-OH is 1. The van der Waals surface area contributed by atoms with E-state index in [-0.39, 0.29) is 12.5 Å². The Labute approximate surface area is 159 Å². The number of piperazine rings is 1. The van der Waals surface area contributed by atoms with Crippen LogP contribution in [0.2, 0.25) is 0 Å². The highest BCUT2D eigenvalue weighted by molar-refractivity contribution is 5.80. The Hall–Kier alpha value is -1.50. The molecule has 0 bridgehead atoms. The molecule has 1 saturated heterocycles. The normalized spacial score (nSPS) is 15.3. The molecule has 0 atom stereocenters. The number of nitrogens with zero attached hydrogens (tertiary/aromatic N) is 4. The Morgan fingerprint density at radius 3 is 2.23 bits per heavy atom. The van der Waals surface area contributed by atoms with Crippen molar-refractivity contribution in [3.8, 4) is 0 Å². The third-order valence-electron chi connectivity index (χ3n) is 4.13. The van der Waals surface area contributed by atoms with Gasteiger partial charge in [0, 0.05) is 51.2 Å². The number of β-amino-alcohol motifs (C(OH)–C–C–N with tert-alkyl or cyclic N) is 1. The summed E-state index contributed by atoms with van der Waals surface area (Å²) in [6, 6.07) is 0. The Bertz CT molecular complexity index is 462. The summed E-state index contributed by atoms with van der Waals surface area (Å²) in [5.41, 5.74) is 2.00. The summed E-state index contributed by atoms with van der Waals surface area (Å²) in [5.74, 6) is 0.123. The van der Waals surface area contributed by atoms with Gasteiger partial charge >= 0.3 is 0 Å². The van der Waals surface area contributed by atoms with E-state index in [1.165, 1.54) is 0 Å². The lowest BCUT2D eigenvalue weighted by Gasteiger charge is -2.35. The van der Waals surface area contributed by atoms with Crippen molar-refractivity contribution < 1.29 is 9.90 Å². The molecule has 0 unspecified atom stereocenters. The molecule has 0 spiro atoms. The second-order valence-corrected chi connectivity index (χ2v) is 6.27. The van der Waals surface area contributed by atoms with Crippen molar-refractivity contribution in [3.05, 3.63) is 23.5 Å². The summed E-state index contributed by atoms with van der Waals surface area (Å²) >= 11 is 0. The molecule has 1 N–H and O–H groups in total. The molecule has 0 saturated carbocycles. The zero-order valence-corrected chi connectivity index (χ0v) is 17.4. The maximum atomic E-state index is 12.8. The second kappa shape index (κ2) is 14.6. The van der Waals surface area contributed by atoms with Crippen LogP contribution in [0.5, 0.6) is 0 Å². The standard InChI is InChI=1S/C18H32N4O2.C2H6/c1-5-8-22(17(16(2)3)6-7-19-4)18(24)15-21-11-9-20(10-12-21)13-14-23;1-2/h6-7,23H,4-5,8-15H2,1-3H3;1-2H3/b7-6-;. The largest absolute Gasteiger partial charge is 0.395 e. The molecule has 1 fully saturated rings. The van der Waals surface area contributed by atoms with Crippen LogP contribution in [0, 0.1) is 0 Å². The smallest absolute Gasteiger partial charge is 0.241 e. The van der Waals surface area contributed by atoms with Crippen molar-refractivity contribution >= 4 is 12.6 Å². The summed E-state index contributed by atoms with van der Waals surface area (Å²) < 4.78 is 0. The molecule has 6 heteroatoms. The molecule has 1 amide bonds. The third kappa shape index (κ3) is 8.74. The van der Waals surface area contributed by atoms with Crippen molar-refractivity contribution in [2.75, 3.05) is 52.4 Å². The van der Waals surface area contributed by atoms with Crippen LogP contribution < -0.4 is 0 Å². The summed E-state index contributed by atoms with van der Waals surface area (Å²) in [6.07, 6.45) is 4.39. The fourth-order valence-corrected chi connectivity index (χ4v) is 2.84. The number of carbonyl (C=O) groups is 1. The molecule has 0 aliphatic carbocycles. The molecule has 0 aromatic heterocycles. The number of hydrogen-bond donors (Lipinski definition) is 1. The number of aliphatic hydroxyl groups is 1. The summed E-state index contributed by atoms with van der Waals surface area (Å²) in [7, 11) is 0. The predicted molar refractivity (Wildman–Crippen MR) is 110 cm³/mol. The van der Waals surface area contributed by atoms with Crippen LogP contribution in [0.25, 0.3) is 0 Å². The van der Waals surface area contributed by atoms with Crippen molar-refractivity contribution in [2.45, 2.75) is 41.0 Å². The van der Waals surface area contributed by atoms with Gasteiger partial charge < -0.3 is 10.0 Å². The highest BCUT2D eigenvalue weighted by Gasteiger charge is 2.22. The minimum absolute atomic E-state index is 0.123. The first-order valence-electron chi connectivity index (χ1n) is 9.69. The maximum Gasteiger partial charge on any atom is 0.241 e. The number of hydrogen-bond acceptors (Lipinski definition) is 5. The topological polar surface area (TPSA) is 59.4 Å². The van der Waals surface area contributed by atoms with Crippen molar-refractivity contribution in [3.63, 3.8) is 0 Å². The Morgan fingerprint density at radius 1 is 1.19 bits per heavy atom. The summed E-state index contributed by atoms with van der Waals surface area (Å²) in [4.78, 5) is 22.9. The Kier molecular flexibility index (Phi) is 13.8. The van der Waals surface area contributed by atoms with Gasteiger partial charge in [0.15, 0.2) is 0 Å². The average Bonchev–Trinajstić information content (AvgIpc) is 2.64. The van der Waals surface area contributed by atoms with Crippen LogP contribution in [-0.4, -0.2) is 84.9 Å². The third-order valence-corrected chi connectivity index (χ3v) is 4.13. The molecule has 1 rings (SSSR count). The molecule has 1 heterocycles. The lowest BCUT2D eigenvalue weighted by molar-refractivity contribution is -0.130. The van der Waals surface area contributed by atoms with E-state index in [2.05, 4.69) is 28.4 Å². The van der Waals surface area contributed by atoms with E-state index in [0.717, 1.165) is 43.9 Å².